The van der Waals surface area contributed by atoms with Crippen molar-refractivity contribution in [1.29, 1.82) is 0 Å². The van der Waals surface area contributed by atoms with Crippen LogP contribution >= 0.6 is 0 Å². The molecule has 0 saturated carbocycles. The summed E-state index contributed by atoms with van der Waals surface area (Å²) in [7, 11) is 0. The van der Waals surface area contributed by atoms with Crippen LogP contribution in [0.5, 0.6) is 0 Å². The second kappa shape index (κ2) is 52.5. The predicted molar refractivity (Wildman–Crippen MR) is 429 cm³/mol. The summed E-state index contributed by atoms with van der Waals surface area (Å²) in [5, 5.41) is 83.7. The Morgan fingerprint density at radius 2 is 0.764 bits per heavy atom. The first-order valence-corrected chi connectivity index (χ1v) is 38.8. The van der Waals surface area contributed by atoms with E-state index in [-0.39, 0.29) is 86.4 Å². The molecule has 127 heavy (non-hydrogen) atoms. The van der Waals surface area contributed by atoms with Gasteiger partial charge in [-0.15, -0.1) is 0 Å². The fourth-order valence-electron chi connectivity index (χ4n) is 11.5. The third kappa shape index (κ3) is 34.0. The number of nitrogens with zero attached hydrogens (tertiary/aromatic N) is 20. The van der Waals surface area contributed by atoms with Gasteiger partial charge in [-0.2, -0.15) is 10.2 Å². The number of aryl methyl sites for hydroxylation is 4. The highest BCUT2D eigenvalue weighted by atomic mass is 16.4. The first-order chi connectivity index (χ1) is 59.2. The Balaban J connectivity index is 0.000000715. The van der Waals surface area contributed by atoms with Crippen molar-refractivity contribution in [2.24, 2.45) is 0 Å². The second-order valence-corrected chi connectivity index (χ2v) is 27.2. The smallest absolute Gasteiger partial charge is 0.347 e. The Hall–Kier alpha value is -14.9. The van der Waals surface area contributed by atoms with Crippen molar-refractivity contribution in [3.63, 3.8) is 0 Å². The third-order valence-corrected chi connectivity index (χ3v) is 18.2. The molecule has 704 valence electrons. The number of likely N-dealkylation sites (N-methyl/N-ethyl adjacent to an activating group) is 5. The summed E-state index contributed by atoms with van der Waals surface area (Å²) >= 11 is 0. The monoisotopic (exact) mass is 1810 g/mol. The lowest BCUT2D eigenvalue weighted by atomic mass is 10.0. The topological polar surface area (TPSA) is 720 Å². The third-order valence-electron chi connectivity index (χ3n) is 18.2. The number of carboxylic acids is 9. The highest BCUT2D eigenvalue weighted by Crippen LogP contribution is 2.27. The Kier molecular flexibility index (Phi) is 45.6. The molecule has 3 aromatic rings. The van der Waals surface area contributed by atoms with E-state index in [2.05, 4.69) is 10.2 Å². The van der Waals surface area contributed by atoms with Crippen LogP contribution in [0, 0.1) is 6.92 Å². The average molecular weight is 1810 g/mol. The van der Waals surface area contributed by atoms with Gasteiger partial charge in [-0.3, -0.25) is 111 Å². The molecule has 14 amide bonds. The Morgan fingerprint density at radius 3 is 1.20 bits per heavy atom. The average Bonchev–Trinajstić information content (AvgIpc) is 1.62. The van der Waals surface area contributed by atoms with E-state index in [1.807, 2.05) is 6.92 Å². The number of rotatable bonds is 27. The summed E-state index contributed by atoms with van der Waals surface area (Å²) in [6.07, 6.45) is 2.27. The lowest BCUT2D eigenvalue weighted by Gasteiger charge is -2.34. The van der Waals surface area contributed by atoms with Gasteiger partial charge in [0, 0.05) is 123 Å². The molecule has 0 aromatic carbocycles. The standard InChI is InChI=1S/C10H16N2O4.C9H14N2O4.C8H11N3O4.2C8H12N2O4.C8H10N2O4.C7H9N3O4.C7H10N2O4.C7H12N2O3/c1-2-8(13)11-3-5-12(6-4-11)9(14)7-10(15)16;1-4-10-7(14)9(2,3)11(8(10)15)5-6(12)13;1-3-11-8(15)10(4-6(12)13)7(14)5(2)9-11;1-2-9-3-7(12)10(4-6(9)11)5-8(13)14;1-2-9-3-4-10(5-6(11)12)8(14)7(9)13;1-2-9-4-3-6(11)10(8(9)14)5-7(12)13;1-2-10-7(14)9(4-6(12)13)5(11)3-8-10;1-2-9-5(10)3-8(7(9)13)4-6(11)12;1-2-8-3-4-9(7(8)12)5-6(10)11/h2-7H2,1H3,(H,15,16);4-5H2,1-3H3,(H,12,13);3-4H2,1-2H3,(H,12,13);2-5H2,1H3,(H,13,14);2-5H2,1H3,(H,11,12);3-4H,2,5H2,1H3,(H,12,13);3H,2,4H2,1H3,(H,12,13);2-4H2,1H3,(H,11,12);2-5H2,1H3,(H,10,11). The molecular weight excluding hydrogens is 1700 g/mol. The number of hydrogen-bond donors (Lipinski definition) is 9. The van der Waals surface area contributed by atoms with Gasteiger partial charge < -0.3 is 94.6 Å². The number of carbonyl (C=O) groups is 20. The van der Waals surface area contributed by atoms with Gasteiger partial charge in [0.05, 0.1) is 6.54 Å². The van der Waals surface area contributed by atoms with Crippen molar-refractivity contribution in [2.45, 2.75) is 141 Å². The highest BCUT2D eigenvalue weighted by Gasteiger charge is 2.51. The number of amides is 14. The van der Waals surface area contributed by atoms with Gasteiger partial charge in [0.25, 0.3) is 22.6 Å². The molecule has 3 aromatic heterocycles. The molecule has 0 radical (unpaired) electrons. The summed E-state index contributed by atoms with van der Waals surface area (Å²) in [5.74, 6) is -13.0. The Morgan fingerprint density at radius 1 is 0.362 bits per heavy atom. The van der Waals surface area contributed by atoms with Gasteiger partial charge in [0.15, 0.2) is 0 Å². The number of piperazine rings is 3. The first kappa shape index (κ1) is 110. The number of aliphatic carboxylic acids is 9. The zero-order chi connectivity index (χ0) is 97.5. The fraction of sp³-hybridized carbons (Fsp3) is 0.583. The van der Waals surface area contributed by atoms with E-state index in [1.165, 1.54) is 43.4 Å². The maximum Gasteiger partial charge on any atom is 0.347 e. The molecule has 0 atom stereocenters. The first-order valence-electron chi connectivity index (χ1n) is 38.8. The summed E-state index contributed by atoms with van der Waals surface area (Å²) in [6, 6.07) is -0.0434. The van der Waals surface area contributed by atoms with Crippen LogP contribution in [0.3, 0.4) is 0 Å². The number of carboxylic acid groups (broad SMARTS) is 9. The molecule has 0 unspecified atom stereocenters. The molecule has 6 aliphatic rings. The van der Waals surface area contributed by atoms with Gasteiger partial charge in [-0.05, 0) is 76.2 Å². The number of hydrogen-bond acceptors (Lipinski definition) is 28. The zero-order valence-corrected chi connectivity index (χ0v) is 71.8. The zero-order valence-electron chi connectivity index (χ0n) is 71.8. The van der Waals surface area contributed by atoms with E-state index in [0.717, 1.165) is 45.0 Å². The maximum absolute atomic E-state index is 11.7. The number of carbonyl (C=O) groups excluding carboxylic acids is 11. The number of imide groups is 2. The fourth-order valence-corrected chi connectivity index (χ4v) is 11.5. The van der Waals surface area contributed by atoms with E-state index in [4.69, 9.17) is 46.0 Å². The molecule has 6 aliphatic heterocycles. The van der Waals surface area contributed by atoms with Crippen molar-refractivity contribution in [2.75, 3.05) is 137 Å². The number of urea groups is 3. The van der Waals surface area contributed by atoms with Crippen LogP contribution in [0.25, 0.3) is 0 Å². The molecule has 9 N–H and O–H groups in total. The minimum Gasteiger partial charge on any atom is -0.481 e. The molecule has 6 saturated heterocycles. The summed E-state index contributed by atoms with van der Waals surface area (Å²) in [4.78, 5) is 301. The summed E-state index contributed by atoms with van der Waals surface area (Å²) < 4.78 is 5.31. The van der Waals surface area contributed by atoms with Crippen LogP contribution in [0.2, 0.25) is 0 Å². The van der Waals surface area contributed by atoms with Crippen molar-refractivity contribution in [3.05, 3.63) is 86.7 Å². The maximum atomic E-state index is 11.7. The summed E-state index contributed by atoms with van der Waals surface area (Å²) in [5.41, 5.74) is -4.92. The van der Waals surface area contributed by atoms with E-state index < -0.39 is 169 Å². The molecule has 6 fully saturated rings. The van der Waals surface area contributed by atoms with Gasteiger partial charge >= 0.3 is 101 Å². The van der Waals surface area contributed by atoms with Crippen LogP contribution < -0.4 is 33.7 Å². The van der Waals surface area contributed by atoms with E-state index in [1.54, 1.807) is 79.0 Å². The Labute approximate surface area is 720 Å². The normalized spacial score (nSPS) is 15.0. The van der Waals surface area contributed by atoms with Crippen LogP contribution in [0.4, 0.5) is 14.4 Å². The predicted octanol–water partition coefficient (Wildman–Crippen LogP) is -7.18. The molecular formula is C72H106N20O35. The molecule has 9 heterocycles. The lowest BCUT2D eigenvalue weighted by molar-refractivity contribution is -0.158. The van der Waals surface area contributed by atoms with Crippen molar-refractivity contribution in [1.82, 2.24) is 96.6 Å². The largest absolute Gasteiger partial charge is 0.481 e. The van der Waals surface area contributed by atoms with Crippen LogP contribution in [0.15, 0.2) is 47.2 Å². The van der Waals surface area contributed by atoms with Gasteiger partial charge in [0.1, 0.15) is 89.3 Å². The number of aromatic nitrogens is 8. The minimum atomic E-state index is -1.24. The van der Waals surface area contributed by atoms with Crippen molar-refractivity contribution >= 4 is 119 Å². The summed E-state index contributed by atoms with van der Waals surface area (Å²) in [6.45, 7) is 23.1. The van der Waals surface area contributed by atoms with Gasteiger partial charge in [-0.25, -0.2) is 51.8 Å². The lowest BCUT2D eigenvalue weighted by Crippen LogP contribution is -2.55. The van der Waals surface area contributed by atoms with Crippen LogP contribution in [-0.2, 0) is 121 Å². The van der Waals surface area contributed by atoms with E-state index >= 15 is 0 Å². The molecule has 0 aliphatic carbocycles. The molecule has 0 bridgehead atoms. The molecule has 9 rings (SSSR count). The second-order valence-electron chi connectivity index (χ2n) is 27.2. The van der Waals surface area contributed by atoms with Gasteiger partial charge in [0.2, 0.25) is 29.5 Å². The van der Waals surface area contributed by atoms with Crippen molar-refractivity contribution in [3.8, 4) is 0 Å². The SMILES string of the molecule is CCC(=O)N1CCN(C(=O)CC(=O)O)CC1.CCN1C(=O)CN(CC(=O)O)C1=O.CCN1C(=O)N(CC(=O)O)C(C)(C)C1=O.CCN1CC(=O)N(CC(=O)O)CC1=O.CCN1CCN(CC(=O)O)C(=O)C1=O.CCN1CCN(CC(=O)O)C1=O.CCn1ccc(=O)n(CC(=O)O)c1=O.CCn1nc(C)c(=O)n(CC(=O)O)c1=O.CCn1ncc(=O)n(CC(=O)O)c1=O. The quantitative estimate of drug-likeness (QED) is 0.0195. The Bertz CT molecular complexity index is 4840. The van der Waals surface area contributed by atoms with Crippen molar-refractivity contribution < 1.29 is 142 Å². The molecule has 55 heteroatoms. The highest BCUT2D eigenvalue weighted by molar-refractivity contribution is 6.35. The van der Waals surface area contributed by atoms with Crippen LogP contribution in [-0.4, -0.2) is 405 Å². The molecule has 55 nitrogen and oxygen atoms in total. The van der Waals surface area contributed by atoms with E-state index in [9.17, 15) is 125 Å². The molecule has 0 spiro atoms. The van der Waals surface area contributed by atoms with Gasteiger partial charge in [-0.1, -0.05) is 6.92 Å². The minimum absolute atomic E-state index is 0.0113. The van der Waals surface area contributed by atoms with Crippen LogP contribution in [0.1, 0.15) is 94.7 Å². The van der Waals surface area contributed by atoms with E-state index in [0.29, 0.717) is 112 Å².